The fourth-order valence-electron chi connectivity index (χ4n) is 1.95. The summed E-state index contributed by atoms with van der Waals surface area (Å²) >= 11 is 0. The van der Waals surface area contributed by atoms with Crippen LogP contribution < -0.4 is 5.43 Å². The summed E-state index contributed by atoms with van der Waals surface area (Å²) in [5, 5.41) is 0. The highest BCUT2D eigenvalue weighted by molar-refractivity contribution is 5.87. The van der Waals surface area contributed by atoms with E-state index < -0.39 is 5.97 Å². The molecule has 0 bridgehead atoms. The zero-order valence-corrected chi connectivity index (χ0v) is 9.86. The zero-order chi connectivity index (χ0) is 10.8. The summed E-state index contributed by atoms with van der Waals surface area (Å²) in [7, 11) is 1.31. The summed E-state index contributed by atoms with van der Waals surface area (Å²) in [5.74, 6) is -0.486. The minimum Gasteiger partial charge on any atom is -0.464 e. The Morgan fingerprint density at radius 2 is 2.06 bits per heavy atom. The second-order valence-corrected chi connectivity index (χ2v) is 3.70. The lowest BCUT2D eigenvalue weighted by atomic mass is 9.95. The number of rotatable bonds is 1. The molecule has 0 fully saturated rings. The molecule has 0 radical (unpaired) electrons. The van der Waals surface area contributed by atoms with E-state index in [0.29, 0.717) is 0 Å². The number of carbonyl (C=O) groups is 1. The Kier molecular flexibility index (Phi) is 4.12. The number of pyridine rings is 1. The number of ether oxygens (including phenoxy) is 1. The van der Waals surface area contributed by atoms with Gasteiger partial charge in [-0.15, -0.1) is 12.4 Å². The highest BCUT2D eigenvalue weighted by Crippen LogP contribution is 2.16. The van der Waals surface area contributed by atoms with Gasteiger partial charge in [-0.3, -0.25) is 4.79 Å². The van der Waals surface area contributed by atoms with Crippen molar-refractivity contribution in [1.82, 2.24) is 4.98 Å². The molecule has 0 spiro atoms. The molecular weight excluding hydrogens is 230 g/mol. The van der Waals surface area contributed by atoms with Gasteiger partial charge < -0.3 is 9.72 Å². The molecular formula is C11H14ClNO3. The largest absolute Gasteiger partial charge is 0.464 e. The zero-order valence-electron chi connectivity index (χ0n) is 9.04. The third-order valence-electron chi connectivity index (χ3n) is 2.73. The molecule has 1 aliphatic carbocycles. The number of fused-ring (bicyclic) bond motifs is 1. The molecule has 1 aromatic heterocycles. The van der Waals surface area contributed by atoms with Gasteiger partial charge in [-0.2, -0.15) is 0 Å². The maximum absolute atomic E-state index is 11.7. The van der Waals surface area contributed by atoms with Crippen LogP contribution in [0.4, 0.5) is 0 Å². The van der Waals surface area contributed by atoms with Crippen LogP contribution in [0.1, 0.15) is 34.6 Å². The number of methoxy groups -OCH3 is 1. The lowest BCUT2D eigenvalue weighted by molar-refractivity contribution is 0.0593. The van der Waals surface area contributed by atoms with Crippen LogP contribution in [0, 0.1) is 0 Å². The third-order valence-corrected chi connectivity index (χ3v) is 2.73. The molecule has 1 aliphatic rings. The molecule has 88 valence electrons. The first-order chi connectivity index (χ1) is 7.22. The number of nitrogens with one attached hydrogen (secondary N) is 1. The van der Waals surface area contributed by atoms with Gasteiger partial charge in [0.15, 0.2) is 5.43 Å². The summed E-state index contributed by atoms with van der Waals surface area (Å²) in [5.41, 5.74) is 1.93. The second kappa shape index (κ2) is 5.16. The van der Waals surface area contributed by atoms with Crippen molar-refractivity contribution in [2.45, 2.75) is 25.7 Å². The van der Waals surface area contributed by atoms with Crippen molar-refractivity contribution in [2.24, 2.45) is 0 Å². The molecule has 0 saturated carbocycles. The number of H-pyrrole nitrogens is 1. The first kappa shape index (κ1) is 12.8. The molecule has 0 aromatic carbocycles. The molecule has 16 heavy (non-hydrogen) atoms. The minimum absolute atomic E-state index is 0. The predicted octanol–water partition coefficient (Wildman–Crippen LogP) is 1.46. The van der Waals surface area contributed by atoms with Gasteiger partial charge in [0.25, 0.3) is 0 Å². The summed E-state index contributed by atoms with van der Waals surface area (Å²) in [4.78, 5) is 25.9. The van der Waals surface area contributed by atoms with Crippen molar-refractivity contribution in [2.75, 3.05) is 7.11 Å². The van der Waals surface area contributed by atoms with Crippen molar-refractivity contribution < 1.29 is 9.53 Å². The van der Waals surface area contributed by atoms with E-state index in [1.165, 1.54) is 13.2 Å². The SMILES string of the molecule is COC(=O)c1cc(=O)c2c([nH]1)CCCC2.Cl. The summed E-state index contributed by atoms with van der Waals surface area (Å²) in [6.07, 6.45) is 3.77. The van der Waals surface area contributed by atoms with E-state index in [1.807, 2.05) is 0 Å². The van der Waals surface area contributed by atoms with Crippen molar-refractivity contribution >= 4 is 18.4 Å². The summed E-state index contributed by atoms with van der Waals surface area (Å²) < 4.78 is 4.57. The first-order valence-electron chi connectivity index (χ1n) is 5.06. The van der Waals surface area contributed by atoms with E-state index in [-0.39, 0.29) is 23.5 Å². The van der Waals surface area contributed by atoms with Crippen LogP contribution in [0.25, 0.3) is 0 Å². The first-order valence-corrected chi connectivity index (χ1v) is 5.06. The summed E-state index contributed by atoms with van der Waals surface area (Å²) in [6.45, 7) is 0. The summed E-state index contributed by atoms with van der Waals surface area (Å²) in [6, 6.07) is 1.33. The van der Waals surface area contributed by atoms with Gasteiger partial charge in [-0.1, -0.05) is 0 Å². The van der Waals surface area contributed by atoms with Crippen LogP contribution in [0.3, 0.4) is 0 Å². The fraction of sp³-hybridized carbons (Fsp3) is 0.455. The van der Waals surface area contributed by atoms with Crippen LogP contribution in [-0.4, -0.2) is 18.1 Å². The average Bonchev–Trinajstić information content (AvgIpc) is 2.28. The number of aromatic amines is 1. The number of halogens is 1. The highest BCUT2D eigenvalue weighted by Gasteiger charge is 2.16. The number of carbonyl (C=O) groups excluding carboxylic acids is 1. The molecule has 1 aromatic rings. The maximum Gasteiger partial charge on any atom is 0.354 e. The topological polar surface area (TPSA) is 59.2 Å². The van der Waals surface area contributed by atoms with Crippen LogP contribution >= 0.6 is 12.4 Å². The van der Waals surface area contributed by atoms with Gasteiger partial charge in [0, 0.05) is 17.3 Å². The quantitative estimate of drug-likeness (QED) is 0.760. The molecule has 2 rings (SSSR count). The van der Waals surface area contributed by atoms with Crippen LogP contribution in [0.15, 0.2) is 10.9 Å². The Morgan fingerprint density at radius 1 is 1.38 bits per heavy atom. The van der Waals surface area contributed by atoms with Gasteiger partial charge in [-0.05, 0) is 25.7 Å². The van der Waals surface area contributed by atoms with E-state index in [9.17, 15) is 9.59 Å². The fourth-order valence-corrected chi connectivity index (χ4v) is 1.95. The Hall–Kier alpha value is -1.29. The average molecular weight is 244 g/mol. The second-order valence-electron chi connectivity index (χ2n) is 3.70. The number of aryl methyl sites for hydroxylation is 1. The standard InChI is InChI=1S/C11H13NO3.ClH/c1-15-11(14)9-6-10(13)7-4-2-3-5-8(7)12-9;/h6H,2-5H2,1H3,(H,12,13);1H. The van der Waals surface area contributed by atoms with E-state index in [0.717, 1.165) is 36.9 Å². The molecule has 1 N–H and O–H groups in total. The molecule has 0 atom stereocenters. The maximum atomic E-state index is 11.7. The monoisotopic (exact) mass is 243 g/mol. The Labute approximate surface area is 99.4 Å². The molecule has 5 heteroatoms. The van der Waals surface area contributed by atoms with Crippen molar-refractivity contribution in [3.8, 4) is 0 Å². The van der Waals surface area contributed by atoms with Gasteiger partial charge in [0.1, 0.15) is 5.69 Å². The number of hydrogen-bond donors (Lipinski definition) is 1. The van der Waals surface area contributed by atoms with Gasteiger partial charge in [-0.25, -0.2) is 4.79 Å². The van der Waals surface area contributed by atoms with E-state index in [4.69, 9.17) is 0 Å². The van der Waals surface area contributed by atoms with Crippen molar-refractivity contribution in [3.05, 3.63) is 33.2 Å². The van der Waals surface area contributed by atoms with E-state index in [1.54, 1.807) is 0 Å². The lowest BCUT2D eigenvalue weighted by Crippen LogP contribution is -2.21. The predicted molar refractivity (Wildman–Crippen MR) is 62.3 cm³/mol. The third kappa shape index (κ3) is 2.27. The normalized spacial score (nSPS) is 13.6. The van der Waals surface area contributed by atoms with E-state index in [2.05, 4.69) is 9.72 Å². The number of hydrogen-bond acceptors (Lipinski definition) is 3. The molecule has 1 heterocycles. The number of esters is 1. The smallest absolute Gasteiger partial charge is 0.354 e. The number of aromatic nitrogens is 1. The minimum atomic E-state index is -0.486. The Balaban J connectivity index is 0.00000128. The van der Waals surface area contributed by atoms with Crippen LogP contribution in [0.2, 0.25) is 0 Å². The molecule has 0 amide bonds. The van der Waals surface area contributed by atoms with Gasteiger partial charge in [0.2, 0.25) is 0 Å². The molecule has 0 saturated heterocycles. The van der Waals surface area contributed by atoms with Crippen molar-refractivity contribution in [3.63, 3.8) is 0 Å². The lowest BCUT2D eigenvalue weighted by Gasteiger charge is -2.15. The van der Waals surface area contributed by atoms with Gasteiger partial charge in [0.05, 0.1) is 7.11 Å². The Morgan fingerprint density at radius 3 is 2.75 bits per heavy atom. The molecule has 4 nitrogen and oxygen atoms in total. The molecule has 0 unspecified atom stereocenters. The molecule has 0 aliphatic heterocycles. The highest BCUT2D eigenvalue weighted by atomic mass is 35.5. The van der Waals surface area contributed by atoms with E-state index >= 15 is 0 Å². The van der Waals surface area contributed by atoms with Crippen LogP contribution in [-0.2, 0) is 17.6 Å². The van der Waals surface area contributed by atoms with Gasteiger partial charge >= 0.3 is 5.97 Å². The van der Waals surface area contributed by atoms with Crippen molar-refractivity contribution in [1.29, 1.82) is 0 Å². The van der Waals surface area contributed by atoms with Crippen LogP contribution in [0.5, 0.6) is 0 Å². The Bertz CT molecular complexity index is 453.